The van der Waals surface area contributed by atoms with E-state index in [9.17, 15) is 14.9 Å². The summed E-state index contributed by atoms with van der Waals surface area (Å²) in [5.74, 6) is 1.17. The van der Waals surface area contributed by atoms with Gasteiger partial charge >= 0.3 is 0 Å². The zero-order valence-corrected chi connectivity index (χ0v) is 19.5. The predicted molar refractivity (Wildman–Crippen MR) is 128 cm³/mol. The number of hydrogen-bond acceptors (Lipinski definition) is 7. The Labute approximate surface area is 196 Å². The highest BCUT2D eigenvalue weighted by atomic mass is 32.2. The monoisotopic (exact) mass is 466 g/mol. The Morgan fingerprint density at radius 1 is 1.09 bits per heavy atom. The average Bonchev–Trinajstić information content (AvgIpc) is 3.25. The number of aryl methyl sites for hydroxylation is 1. The van der Waals surface area contributed by atoms with Crippen molar-refractivity contribution in [3.05, 3.63) is 64.2 Å². The van der Waals surface area contributed by atoms with Crippen molar-refractivity contribution in [3.8, 4) is 11.4 Å². The van der Waals surface area contributed by atoms with Crippen molar-refractivity contribution in [2.24, 2.45) is 0 Å². The summed E-state index contributed by atoms with van der Waals surface area (Å²) >= 11 is 1.41. The van der Waals surface area contributed by atoms with Crippen LogP contribution in [0.15, 0.2) is 53.7 Å². The van der Waals surface area contributed by atoms with E-state index in [-0.39, 0.29) is 16.5 Å². The Balaban J connectivity index is 1.35. The highest BCUT2D eigenvalue weighted by molar-refractivity contribution is 7.99. The van der Waals surface area contributed by atoms with Gasteiger partial charge in [0.1, 0.15) is 0 Å². The molecule has 1 aliphatic rings. The smallest absolute Gasteiger partial charge is 0.271 e. The Kier molecular flexibility index (Phi) is 6.93. The van der Waals surface area contributed by atoms with Crippen molar-refractivity contribution in [1.29, 1.82) is 0 Å². The highest BCUT2D eigenvalue weighted by Gasteiger charge is 2.23. The van der Waals surface area contributed by atoms with E-state index in [1.165, 1.54) is 17.8 Å². The van der Waals surface area contributed by atoms with Gasteiger partial charge in [0.05, 0.1) is 10.7 Å². The summed E-state index contributed by atoms with van der Waals surface area (Å²) in [5, 5.41) is 20.5. The molecule has 33 heavy (non-hydrogen) atoms. The lowest BCUT2D eigenvalue weighted by atomic mass is 10.1. The van der Waals surface area contributed by atoms with Gasteiger partial charge in [0.25, 0.3) is 5.69 Å². The first kappa shape index (κ1) is 22.8. The molecule has 1 fully saturated rings. The van der Waals surface area contributed by atoms with Crippen molar-refractivity contribution in [1.82, 2.24) is 19.7 Å². The number of thioether (sulfide) groups is 1. The van der Waals surface area contributed by atoms with E-state index in [0.717, 1.165) is 34.3 Å². The second kappa shape index (κ2) is 10.0. The number of rotatable bonds is 7. The van der Waals surface area contributed by atoms with E-state index >= 15 is 0 Å². The van der Waals surface area contributed by atoms with Crippen LogP contribution in [0.25, 0.3) is 11.4 Å². The van der Waals surface area contributed by atoms with E-state index in [1.807, 2.05) is 53.6 Å². The topological polar surface area (TPSA) is 97.4 Å². The van der Waals surface area contributed by atoms with Crippen molar-refractivity contribution in [2.45, 2.75) is 25.5 Å². The fraction of sp³-hybridized carbons (Fsp3) is 0.348. The summed E-state index contributed by atoms with van der Waals surface area (Å²) in [6, 6.07) is 14.7. The maximum atomic E-state index is 12.8. The number of aromatic nitrogens is 3. The van der Waals surface area contributed by atoms with Crippen LogP contribution in [0.1, 0.15) is 12.5 Å². The normalized spacial score (nSPS) is 13.9. The van der Waals surface area contributed by atoms with Crippen LogP contribution in [0.4, 0.5) is 11.4 Å². The molecule has 10 heteroatoms. The van der Waals surface area contributed by atoms with E-state index in [1.54, 1.807) is 12.1 Å². The third-order valence-electron chi connectivity index (χ3n) is 5.78. The molecule has 0 unspecified atom stereocenters. The lowest BCUT2D eigenvalue weighted by molar-refractivity contribution is -0.384. The molecule has 0 radical (unpaired) electrons. The highest BCUT2D eigenvalue weighted by Crippen LogP contribution is 2.27. The molecule has 0 spiro atoms. The maximum Gasteiger partial charge on any atom is 0.271 e. The number of anilines is 1. The molecule has 2 aromatic carbocycles. The number of nitro benzene ring substituents is 1. The summed E-state index contributed by atoms with van der Waals surface area (Å²) in [5.41, 5.74) is 3.06. The molecule has 0 N–H and O–H groups in total. The van der Waals surface area contributed by atoms with E-state index in [4.69, 9.17) is 0 Å². The first-order valence-corrected chi connectivity index (χ1v) is 11.9. The van der Waals surface area contributed by atoms with Gasteiger partial charge in [-0.3, -0.25) is 14.9 Å². The van der Waals surface area contributed by atoms with Crippen LogP contribution in [0.5, 0.6) is 0 Å². The molecule has 2 heterocycles. The lowest BCUT2D eigenvalue weighted by Crippen LogP contribution is -2.49. The third kappa shape index (κ3) is 5.00. The molecule has 1 amide bonds. The summed E-state index contributed by atoms with van der Waals surface area (Å²) in [7, 11) is 0. The molecule has 3 aromatic rings. The van der Waals surface area contributed by atoms with E-state index < -0.39 is 0 Å². The zero-order chi connectivity index (χ0) is 23.4. The molecular formula is C23H26N6O3S. The van der Waals surface area contributed by atoms with E-state index in [2.05, 4.69) is 15.1 Å². The SMILES string of the molecule is CCn1c(SCC(=O)N2CCN(c3cccc([N+](=O)[O-])c3)CC2)nnc1-c1ccccc1C. The molecule has 0 aliphatic carbocycles. The van der Waals surface area contributed by atoms with Crippen molar-refractivity contribution < 1.29 is 9.72 Å². The van der Waals surface area contributed by atoms with Crippen molar-refractivity contribution >= 4 is 29.0 Å². The van der Waals surface area contributed by atoms with Crippen LogP contribution >= 0.6 is 11.8 Å². The minimum atomic E-state index is -0.389. The van der Waals surface area contributed by atoms with Crippen LogP contribution in [0.3, 0.4) is 0 Å². The fourth-order valence-electron chi connectivity index (χ4n) is 3.94. The Bertz CT molecular complexity index is 1160. The summed E-state index contributed by atoms with van der Waals surface area (Å²) in [6.07, 6.45) is 0. The fourth-order valence-corrected chi connectivity index (χ4v) is 4.84. The Hall–Kier alpha value is -3.40. The first-order chi connectivity index (χ1) is 16.0. The standard InChI is InChI=1S/C23H26N6O3S/c1-3-28-22(20-10-5-4-7-17(20)2)24-25-23(28)33-16-21(30)27-13-11-26(12-14-27)18-8-6-9-19(15-18)29(31)32/h4-10,15H,3,11-14,16H2,1-2H3. The molecular weight excluding hydrogens is 440 g/mol. The molecule has 1 saturated heterocycles. The van der Waals surface area contributed by atoms with Crippen LogP contribution in [0.2, 0.25) is 0 Å². The number of nitro groups is 1. The number of hydrogen-bond donors (Lipinski definition) is 0. The largest absolute Gasteiger partial charge is 0.368 e. The van der Waals surface area contributed by atoms with Gasteiger partial charge in [-0.1, -0.05) is 42.1 Å². The number of carbonyl (C=O) groups is 1. The van der Waals surface area contributed by atoms with Crippen LogP contribution < -0.4 is 4.90 Å². The quantitative estimate of drug-likeness (QED) is 0.298. The van der Waals surface area contributed by atoms with Gasteiger partial charge in [0, 0.05) is 56.1 Å². The van der Waals surface area contributed by atoms with Gasteiger partial charge in [-0.15, -0.1) is 10.2 Å². The number of piperazine rings is 1. The number of non-ortho nitro benzene ring substituents is 1. The third-order valence-corrected chi connectivity index (χ3v) is 6.73. The van der Waals surface area contributed by atoms with Gasteiger partial charge in [-0.2, -0.15) is 0 Å². The Morgan fingerprint density at radius 2 is 1.85 bits per heavy atom. The minimum Gasteiger partial charge on any atom is -0.368 e. The van der Waals surface area contributed by atoms with Crippen LogP contribution in [-0.2, 0) is 11.3 Å². The van der Waals surface area contributed by atoms with Crippen LogP contribution in [0, 0.1) is 17.0 Å². The van der Waals surface area contributed by atoms with Crippen molar-refractivity contribution in [2.75, 3.05) is 36.8 Å². The zero-order valence-electron chi connectivity index (χ0n) is 18.7. The number of amides is 1. The molecule has 9 nitrogen and oxygen atoms in total. The Morgan fingerprint density at radius 3 is 2.55 bits per heavy atom. The minimum absolute atomic E-state index is 0.0572. The molecule has 1 aromatic heterocycles. The lowest BCUT2D eigenvalue weighted by Gasteiger charge is -2.36. The average molecular weight is 467 g/mol. The summed E-state index contributed by atoms with van der Waals surface area (Å²) in [6.45, 7) is 7.25. The summed E-state index contributed by atoms with van der Waals surface area (Å²) in [4.78, 5) is 27.4. The molecule has 0 saturated carbocycles. The molecule has 4 rings (SSSR count). The van der Waals surface area contributed by atoms with Crippen LogP contribution in [-0.4, -0.2) is 62.4 Å². The number of carbonyl (C=O) groups excluding carboxylic acids is 1. The first-order valence-electron chi connectivity index (χ1n) is 10.9. The second-order valence-corrected chi connectivity index (χ2v) is 8.74. The molecule has 0 atom stereocenters. The van der Waals surface area contributed by atoms with Gasteiger partial charge < -0.3 is 14.4 Å². The molecule has 0 bridgehead atoms. The molecule has 172 valence electrons. The van der Waals surface area contributed by atoms with Gasteiger partial charge in [-0.25, -0.2) is 0 Å². The van der Waals surface area contributed by atoms with Gasteiger partial charge in [0.2, 0.25) is 5.91 Å². The van der Waals surface area contributed by atoms with Gasteiger partial charge in [-0.05, 0) is 25.5 Å². The van der Waals surface area contributed by atoms with Crippen molar-refractivity contribution in [3.63, 3.8) is 0 Å². The number of nitrogens with zero attached hydrogens (tertiary/aromatic N) is 6. The number of benzene rings is 2. The second-order valence-electron chi connectivity index (χ2n) is 7.80. The van der Waals surface area contributed by atoms with E-state index in [0.29, 0.717) is 31.9 Å². The molecule has 1 aliphatic heterocycles. The predicted octanol–water partition coefficient (Wildman–Crippen LogP) is 3.62. The maximum absolute atomic E-state index is 12.8. The van der Waals surface area contributed by atoms with Gasteiger partial charge in [0.15, 0.2) is 11.0 Å². The summed E-state index contributed by atoms with van der Waals surface area (Å²) < 4.78 is 2.04.